The zero-order valence-corrected chi connectivity index (χ0v) is 10.3. The van der Waals surface area contributed by atoms with Crippen LogP contribution in [0.15, 0.2) is 0 Å². The number of carbonyl (C=O) groups is 1. The summed E-state index contributed by atoms with van der Waals surface area (Å²) in [6.07, 6.45) is 8.16. The second-order valence-electron chi connectivity index (χ2n) is 4.81. The predicted molar refractivity (Wildman–Crippen MR) is 66.3 cm³/mol. The molecule has 1 aliphatic rings. The van der Waals surface area contributed by atoms with Crippen LogP contribution in [0.25, 0.3) is 0 Å². The Morgan fingerprint density at radius 1 is 1.25 bits per heavy atom. The van der Waals surface area contributed by atoms with Crippen LogP contribution in [0.4, 0.5) is 4.79 Å². The fraction of sp³-hybridized carbons (Fsp3) is 0.917. The molecule has 0 unspecified atom stereocenters. The van der Waals surface area contributed by atoms with Crippen LogP contribution >= 0.6 is 0 Å². The van der Waals surface area contributed by atoms with Gasteiger partial charge in [-0.05, 0) is 32.6 Å². The van der Waals surface area contributed by atoms with E-state index in [4.69, 9.17) is 5.73 Å². The topological polar surface area (TPSA) is 67.2 Å². The summed E-state index contributed by atoms with van der Waals surface area (Å²) in [5, 5.41) is 5.55. The first-order chi connectivity index (χ1) is 7.66. The molecule has 0 aromatic carbocycles. The first-order valence-electron chi connectivity index (χ1n) is 6.47. The maximum atomic E-state index is 11.1. The summed E-state index contributed by atoms with van der Waals surface area (Å²) in [7, 11) is 0. The molecule has 0 radical (unpaired) electrons. The maximum absolute atomic E-state index is 11.1. The minimum atomic E-state index is -0.0720. The van der Waals surface area contributed by atoms with Gasteiger partial charge in [-0.1, -0.05) is 19.3 Å². The minimum absolute atomic E-state index is 0.0428. The lowest BCUT2D eigenvalue weighted by Crippen LogP contribution is -2.42. The quantitative estimate of drug-likeness (QED) is 0.626. The lowest BCUT2D eigenvalue weighted by molar-refractivity contribution is 0.238. The van der Waals surface area contributed by atoms with Crippen LogP contribution in [0, 0.1) is 0 Å². The molecular formula is C12H25N3O. The summed E-state index contributed by atoms with van der Waals surface area (Å²) in [5.41, 5.74) is 6.35. The molecule has 0 heterocycles. The van der Waals surface area contributed by atoms with Crippen molar-refractivity contribution in [2.24, 2.45) is 5.73 Å². The SMILES string of the molecule is CCNC(=O)NCCCC1(N)CCCCC1. The van der Waals surface area contributed by atoms with Crippen molar-refractivity contribution >= 4 is 6.03 Å². The van der Waals surface area contributed by atoms with Crippen molar-refractivity contribution in [3.63, 3.8) is 0 Å². The largest absolute Gasteiger partial charge is 0.338 e. The summed E-state index contributed by atoms with van der Waals surface area (Å²) < 4.78 is 0. The number of urea groups is 1. The maximum Gasteiger partial charge on any atom is 0.314 e. The van der Waals surface area contributed by atoms with Crippen LogP contribution in [-0.4, -0.2) is 24.7 Å². The zero-order chi connectivity index (χ0) is 11.9. The Bertz CT molecular complexity index is 212. The van der Waals surface area contributed by atoms with Crippen molar-refractivity contribution < 1.29 is 4.79 Å². The number of hydrogen-bond acceptors (Lipinski definition) is 2. The summed E-state index contributed by atoms with van der Waals surface area (Å²) >= 11 is 0. The summed E-state index contributed by atoms with van der Waals surface area (Å²) in [6.45, 7) is 3.31. The van der Waals surface area contributed by atoms with Crippen molar-refractivity contribution in [1.29, 1.82) is 0 Å². The molecule has 4 N–H and O–H groups in total. The van der Waals surface area contributed by atoms with Crippen LogP contribution in [-0.2, 0) is 0 Å². The molecule has 2 amide bonds. The van der Waals surface area contributed by atoms with Crippen molar-refractivity contribution in [1.82, 2.24) is 10.6 Å². The number of rotatable bonds is 5. The molecule has 1 saturated carbocycles. The number of nitrogens with one attached hydrogen (secondary N) is 2. The third kappa shape index (κ3) is 4.84. The standard InChI is InChI=1S/C12H25N3O/c1-2-14-11(16)15-10-6-9-12(13)7-4-3-5-8-12/h2-10,13H2,1H3,(H2,14,15,16). The smallest absolute Gasteiger partial charge is 0.314 e. The predicted octanol–water partition coefficient (Wildman–Crippen LogP) is 1.75. The van der Waals surface area contributed by atoms with Gasteiger partial charge in [0.25, 0.3) is 0 Å². The highest BCUT2D eigenvalue weighted by molar-refractivity contribution is 5.73. The molecule has 1 aliphatic carbocycles. The molecular weight excluding hydrogens is 202 g/mol. The van der Waals surface area contributed by atoms with Gasteiger partial charge in [-0.25, -0.2) is 4.79 Å². The molecule has 1 fully saturated rings. The average Bonchev–Trinajstić information content (AvgIpc) is 2.26. The van der Waals surface area contributed by atoms with E-state index >= 15 is 0 Å². The second kappa shape index (κ2) is 6.74. The van der Waals surface area contributed by atoms with Gasteiger partial charge < -0.3 is 16.4 Å². The Kier molecular flexibility index (Phi) is 5.60. The Labute approximate surface area is 98.3 Å². The number of amides is 2. The Hall–Kier alpha value is -0.770. The van der Waals surface area contributed by atoms with Crippen LogP contribution in [0.1, 0.15) is 51.9 Å². The average molecular weight is 227 g/mol. The van der Waals surface area contributed by atoms with Crippen molar-refractivity contribution in [2.45, 2.75) is 57.4 Å². The number of nitrogens with two attached hydrogens (primary N) is 1. The van der Waals surface area contributed by atoms with E-state index in [0.29, 0.717) is 6.54 Å². The van der Waals surface area contributed by atoms with Crippen molar-refractivity contribution in [2.75, 3.05) is 13.1 Å². The Morgan fingerprint density at radius 2 is 1.94 bits per heavy atom. The van der Waals surface area contributed by atoms with E-state index in [1.165, 1.54) is 19.3 Å². The molecule has 0 atom stereocenters. The lowest BCUT2D eigenvalue weighted by atomic mass is 9.79. The molecule has 0 aromatic rings. The minimum Gasteiger partial charge on any atom is -0.338 e. The molecule has 0 aliphatic heterocycles. The van der Waals surface area contributed by atoms with E-state index in [-0.39, 0.29) is 11.6 Å². The molecule has 16 heavy (non-hydrogen) atoms. The molecule has 4 nitrogen and oxygen atoms in total. The van der Waals surface area contributed by atoms with Crippen LogP contribution in [0.2, 0.25) is 0 Å². The third-order valence-corrected chi connectivity index (χ3v) is 3.32. The summed E-state index contributed by atoms with van der Waals surface area (Å²) in [6, 6.07) is -0.0720. The van der Waals surface area contributed by atoms with Crippen molar-refractivity contribution in [3.8, 4) is 0 Å². The first kappa shape index (κ1) is 13.3. The third-order valence-electron chi connectivity index (χ3n) is 3.32. The van der Waals surface area contributed by atoms with Gasteiger partial charge in [0, 0.05) is 18.6 Å². The normalized spacial score (nSPS) is 19.1. The van der Waals surface area contributed by atoms with Crippen LogP contribution < -0.4 is 16.4 Å². The van der Waals surface area contributed by atoms with Gasteiger partial charge in [-0.2, -0.15) is 0 Å². The van der Waals surface area contributed by atoms with Crippen LogP contribution in [0.3, 0.4) is 0 Å². The fourth-order valence-corrected chi connectivity index (χ4v) is 2.37. The number of hydrogen-bond donors (Lipinski definition) is 3. The van der Waals surface area contributed by atoms with Gasteiger partial charge in [0.15, 0.2) is 0 Å². The highest BCUT2D eigenvalue weighted by atomic mass is 16.2. The van der Waals surface area contributed by atoms with E-state index in [2.05, 4.69) is 10.6 Å². The van der Waals surface area contributed by atoms with Gasteiger partial charge in [0.05, 0.1) is 0 Å². The van der Waals surface area contributed by atoms with E-state index < -0.39 is 0 Å². The van der Waals surface area contributed by atoms with Crippen LogP contribution in [0.5, 0.6) is 0 Å². The van der Waals surface area contributed by atoms with E-state index in [0.717, 1.165) is 32.2 Å². The molecule has 1 rings (SSSR count). The first-order valence-corrected chi connectivity index (χ1v) is 6.47. The second-order valence-corrected chi connectivity index (χ2v) is 4.81. The van der Waals surface area contributed by atoms with Gasteiger partial charge in [-0.3, -0.25) is 0 Å². The zero-order valence-electron chi connectivity index (χ0n) is 10.3. The fourth-order valence-electron chi connectivity index (χ4n) is 2.37. The van der Waals surface area contributed by atoms with Gasteiger partial charge >= 0.3 is 6.03 Å². The Morgan fingerprint density at radius 3 is 2.56 bits per heavy atom. The lowest BCUT2D eigenvalue weighted by Gasteiger charge is -2.33. The number of carbonyl (C=O) groups excluding carboxylic acids is 1. The van der Waals surface area contributed by atoms with E-state index in [1.807, 2.05) is 6.92 Å². The molecule has 0 saturated heterocycles. The highest BCUT2D eigenvalue weighted by Crippen LogP contribution is 2.29. The van der Waals surface area contributed by atoms with Gasteiger partial charge in [0.2, 0.25) is 0 Å². The van der Waals surface area contributed by atoms with Gasteiger partial charge in [-0.15, -0.1) is 0 Å². The summed E-state index contributed by atoms with van der Waals surface area (Å²) in [5.74, 6) is 0. The monoisotopic (exact) mass is 227 g/mol. The molecule has 94 valence electrons. The van der Waals surface area contributed by atoms with Crippen molar-refractivity contribution in [3.05, 3.63) is 0 Å². The molecule has 0 aromatic heterocycles. The van der Waals surface area contributed by atoms with E-state index in [9.17, 15) is 4.79 Å². The Balaban J connectivity index is 2.07. The molecule has 0 spiro atoms. The highest BCUT2D eigenvalue weighted by Gasteiger charge is 2.26. The van der Waals surface area contributed by atoms with Gasteiger partial charge in [0.1, 0.15) is 0 Å². The molecule has 4 heteroatoms. The summed E-state index contributed by atoms with van der Waals surface area (Å²) in [4.78, 5) is 11.1. The van der Waals surface area contributed by atoms with E-state index in [1.54, 1.807) is 0 Å². The molecule has 0 bridgehead atoms.